The first kappa shape index (κ1) is 74.5. The van der Waals surface area contributed by atoms with Gasteiger partial charge in [-0.15, -0.1) is 5.06 Å². The average Bonchev–Trinajstić information content (AvgIpc) is 1.73. The van der Waals surface area contributed by atoms with Crippen LogP contribution in [0.15, 0.2) is 81.8 Å². The SMILES string of the molecule is COCCOCCOCCOCCC1(CCOCCOCCOCCOC)C=C(C)c2cc3c(/C=C/C=C/C=C4\N(CCCS(=O)(=O)O)c5ccc(S(=O)(=O)[O-])cc5C4(C)CCCC(=O)ON4C(=O)CCC4=O)cc(C(C)(C)C)[o+]c3cc2N1CCCS(=O)(=O)O. The number of benzene rings is 2. The van der Waals surface area contributed by atoms with Gasteiger partial charge in [0, 0.05) is 93.8 Å². The fourth-order valence-corrected chi connectivity index (χ4v) is 12.6. The molecule has 2 N–H and O–H groups in total. The summed E-state index contributed by atoms with van der Waals surface area (Å²) in [4.78, 5) is 46.0. The highest BCUT2D eigenvalue weighted by Crippen LogP contribution is 2.52. The molecular formula is C63H89N3O22S3. The van der Waals surface area contributed by atoms with Gasteiger partial charge in [-0.25, -0.2) is 17.6 Å². The molecule has 1 unspecified atom stereocenters. The van der Waals surface area contributed by atoms with Gasteiger partial charge < -0.3 is 57.1 Å². The van der Waals surface area contributed by atoms with E-state index >= 15 is 0 Å². The summed E-state index contributed by atoms with van der Waals surface area (Å²) in [6.45, 7) is 15.4. The van der Waals surface area contributed by atoms with E-state index in [2.05, 4.69) is 11.0 Å². The van der Waals surface area contributed by atoms with Crippen LogP contribution in [0.2, 0.25) is 0 Å². The summed E-state index contributed by atoms with van der Waals surface area (Å²) in [6.07, 6.45) is 11.9. The highest BCUT2D eigenvalue weighted by molar-refractivity contribution is 7.86. The zero-order valence-electron chi connectivity index (χ0n) is 53.1. The highest BCUT2D eigenvalue weighted by Gasteiger charge is 2.45. The van der Waals surface area contributed by atoms with E-state index in [9.17, 15) is 53.3 Å². The number of fused-ring (bicyclic) bond motifs is 3. The molecular weight excluding hydrogens is 1250 g/mol. The maximum atomic E-state index is 13.0. The first-order chi connectivity index (χ1) is 43.1. The minimum Gasteiger partial charge on any atom is -0.744 e. The van der Waals surface area contributed by atoms with Crippen LogP contribution in [0.5, 0.6) is 0 Å². The summed E-state index contributed by atoms with van der Waals surface area (Å²) in [7, 11) is -10.5. The van der Waals surface area contributed by atoms with E-state index in [1.165, 1.54) is 12.1 Å². The third-order valence-corrected chi connectivity index (χ3v) is 18.1. The zero-order valence-corrected chi connectivity index (χ0v) is 55.6. The normalized spacial score (nSPS) is 17.6. The quantitative estimate of drug-likeness (QED) is 0.0181. The van der Waals surface area contributed by atoms with Gasteiger partial charge in [0.05, 0.1) is 124 Å². The van der Waals surface area contributed by atoms with Crippen LogP contribution in [-0.4, -0.2) is 199 Å². The van der Waals surface area contributed by atoms with Crippen molar-refractivity contribution >= 4 is 82.1 Å². The fraction of sp³-hybridized carbons (Fsp3) is 0.587. The standard InChI is InChI=1S/C63H89N3O22S3/c1-47-46-63(22-26-81-32-34-85-38-36-83-30-28-79-6,23-27-82-33-35-86-39-37-84-31-29-80-7)65(25-13-41-90(73,74)75)54-45-55-51(44-50(47)54)48(42-57(87-55)61(2,3)4)14-9-8-10-15-56-62(5,21-11-16-60(69)88-66-58(67)19-20-59(66)68)52-43-49(91(76,77)78)17-18-53(52)64(56)24-12-40-89(70,71)72/h8-10,14-15,17-18,42-46H,11-13,16,19-41H2,1-7H3,(H2-,70,71,72,73,74,75,76,77,78)/b10-8+,14-9+,56-15-. The Hall–Kier alpha value is -5.57. The number of rotatable bonds is 41. The smallest absolute Gasteiger partial charge is 0.362 e. The lowest BCUT2D eigenvalue weighted by atomic mass is 9.77. The molecule has 3 aliphatic heterocycles. The molecule has 0 radical (unpaired) electrons. The van der Waals surface area contributed by atoms with Gasteiger partial charge in [-0.1, -0.05) is 30.4 Å². The van der Waals surface area contributed by atoms with E-state index in [0.717, 1.165) is 33.8 Å². The number of imide groups is 1. The number of anilines is 2. The molecule has 2 aromatic carbocycles. The molecule has 28 heteroatoms. The Morgan fingerprint density at radius 1 is 0.681 bits per heavy atom. The zero-order chi connectivity index (χ0) is 66.5. The number of amides is 2. The van der Waals surface area contributed by atoms with Crippen LogP contribution in [0, 0.1) is 0 Å². The number of carbonyl (C=O) groups is 3. The van der Waals surface area contributed by atoms with Crippen molar-refractivity contribution in [3.8, 4) is 0 Å². The summed E-state index contributed by atoms with van der Waals surface area (Å²) in [5, 5.41) is 1.20. The van der Waals surface area contributed by atoms with E-state index in [0.29, 0.717) is 139 Å². The Morgan fingerprint density at radius 3 is 1.75 bits per heavy atom. The van der Waals surface area contributed by atoms with Crippen LogP contribution in [0.25, 0.3) is 22.6 Å². The van der Waals surface area contributed by atoms with Crippen molar-refractivity contribution < 1.29 is 100 Å². The van der Waals surface area contributed by atoms with E-state index < -0.39 is 80.9 Å². The second-order valence-electron chi connectivity index (χ2n) is 23.5. The van der Waals surface area contributed by atoms with Crippen LogP contribution in [0.3, 0.4) is 0 Å². The number of hydrogen-bond donors (Lipinski definition) is 2. The second-order valence-corrected chi connectivity index (χ2v) is 28.0. The highest BCUT2D eigenvalue weighted by atomic mass is 32.2. The van der Waals surface area contributed by atoms with Gasteiger partial charge in [0.2, 0.25) is 0 Å². The van der Waals surface area contributed by atoms with Gasteiger partial charge in [-0.3, -0.25) is 18.7 Å². The number of nitrogens with zero attached hydrogens (tertiary/aromatic N) is 3. The molecule has 0 aliphatic carbocycles. The van der Waals surface area contributed by atoms with Gasteiger partial charge >= 0.3 is 17.3 Å². The maximum Gasteiger partial charge on any atom is 0.362 e. The predicted octanol–water partition coefficient (Wildman–Crippen LogP) is 7.61. The Bertz CT molecular complexity index is 3390. The van der Waals surface area contributed by atoms with Crippen molar-refractivity contribution in [2.75, 3.05) is 141 Å². The molecule has 0 saturated carbocycles. The van der Waals surface area contributed by atoms with Crippen LogP contribution < -0.4 is 9.80 Å². The van der Waals surface area contributed by atoms with Gasteiger partial charge in [0.1, 0.15) is 10.1 Å². The van der Waals surface area contributed by atoms with Crippen molar-refractivity contribution in [1.29, 1.82) is 0 Å². The Kier molecular flexibility index (Phi) is 28.3. The minimum absolute atomic E-state index is 0.0293. The van der Waals surface area contributed by atoms with E-state index in [-0.39, 0.29) is 58.0 Å². The molecule has 6 rings (SSSR count). The first-order valence-corrected chi connectivity index (χ1v) is 35.0. The van der Waals surface area contributed by atoms with E-state index in [4.69, 9.17) is 47.1 Å². The molecule has 1 fully saturated rings. The van der Waals surface area contributed by atoms with Gasteiger partial charge in [-0.05, 0) is 115 Å². The molecule has 1 saturated heterocycles. The van der Waals surface area contributed by atoms with Gasteiger partial charge in [0.25, 0.3) is 32.1 Å². The lowest BCUT2D eigenvalue weighted by Gasteiger charge is -2.48. The Balaban J connectivity index is 1.36. The maximum absolute atomic E-state index is 13.0. The van der Waals surface area contributed by atoms with Gasteiger partial charge in [-0.2, -0.15) is 16.8 Å². The Morgan fingerprint density at radius 2 is 1.22 bits per heavy atom. The lowest BCUT2D eigenvalue weighted by Crippen LogP contribution is -2.52. The summed E-state index contributed by atoms with van der Waals surface area (Å²) in [6, 6.07) is 9.84. The first-order valence-electron chi connectivity index (χ1n) is 30.4. The largest absolute Gasteiger partial charge is 0.744 e. The van der Waals surface area contributed by atoms with Crippen LogP contribution in [0.1, 0.15) is 115 Å². The number of methoxy groups -OCH3 is 2. The Labute approximate surface area is 534 Å². The molecule has 25 nitrogen and oxygen atoms in total. The van der Waals surface area contributed by atoms with Crippen molar-refractivity contribution in [3.05, 3.63) is 94.9 Å². The van der Waals surface area contributed by atoms with E-state index in [1.54, 1.807) is 44.3 Å². The molecule has 1 atom stereocenters. The molecule has 506 valence electrons. The average molecular weight is 1340 g/mol. The van der Waals surface area contributed by atoms with Gasteiger partial charge in [0.15, 0.2) is 0 Å². The third kappa shape index (κ3) is 22.3. The summed E-state index contributed by atoms with van der Waals surface area (Å²) in [5.41, 5.74) is 2.83. The molecule has 0 bridgehead atoms. The summed E-state index contributed by atoms with van der Waals surface area (Å²) >= 11 is 0. The summed E-state index contributed by atoms with van der Waals surface area (Å²) in [5.74, 6) is -2.57. The number of carbonyl (C=O) groups excluding carboxylic acids is 3. The van der Waals surface area contributed by atoms with Crippen molar-refractivity contribution in [3.63, 3.8) is 0 Å². The summed E-state index contributed by atoms with van der Waals surface area (Å²) < 4.78 is 157. The molecule has 0 spiro atoms. The second kappa shape index (κ2) is 34.5. The fourth-order valence-electron chi connectivity index (χ4n) is 11.1. The van der Waals surface area contributed by atoms with Crippen molar-refractivity contribution in [1.82, 2.24) is 5.06 Å². The van der Waals surface area contributed by atoms with Crippen LogP contribution in [0.4, 0.5) is 11.4 Å². The van der Waals surface area contributed by atoms with Crippen LogP contribution in [-0.2, 0) is 98.3 Å². The molecule has 4 heterocycles. The molecule has 3 aliphatic rings. The monoisotopic (exact) mass is 1340 g/mol. The molecule has 2 amide bonds. The number of allylic oxidation sites excluding steroid dienone is 6. The predicted molar refractivity (Wildman–Crippen MR) is 339 cm³/mol. The van der Waals surface area contributed by atoms with Crippen LogP contribution >= 0.6 is 0 Å². The topological polar surface area (TPSA) is 321 Å². The third-order valence-electron chi connectivity index (χ3n) is 15.7. The number of ether oxygens (including phenoxy) is 8. The molecule has 91 heavy (non-hydrogen) atoms. The minimum atomic E-state index is -4.96. The lowest BCUT2D eigenvalue weighted by molar-refractivity contribution is -0.197. The van der Waals surface area contributed by atoms with Crippen molar-refractivity contribution in [2.24, 2.45) is 0 Å². The van der Waals surface area contributed by atoms with Crippen molar-refractivity contribution in [2.45, 2.75) is 114 Å². The molecule has 3 aromatic rings. The van der Waals surface area contributed by atoms with E-state index in [1.807, 2.05) is 58.0 Å². The number of hydrogen-bond acceptors (Lipinski definition) is 21. The molecule has 1 aromatic heterocycles. The number of hydroxylamine groups is 2.